The number of benzene rings is 3. The molecule has 0 radical (unpaired) electrons. The van der Waals surface area contributed by atoms with Gasteiger partial charge in [-0.15, -0.1) is 0 Å². The Labute approximate surface area is 224 Å². The first-order chi connectivity index (χ1) is 18.0. The third kappa shape index (κ3) is 4.95. The van der Waals surface area contributed by atoms with E-state index in [1.807, 2.05) is 66.2 Å². The summed E-state index contributed by atoms with van der Waals surface area (Å²) in [7, 11) is 1.59. The number of anilines is 1. The standard InChI is InChI=1S/C28H25ClN4O3S/c1-18-25-26(27(35)30-16-19-8-6-7-11-23(19)36-2)32(21-14-12-20(29)13-15-21)24(34)17-37-28(25)33(31-18)22-9-4-3-5-10-22/h3-15,26H,16-17H2,1-2H3,(H,30,35)/t26-/m0/s1. The number of carbonyl (C=O) groups is 2. The van der Waals surface area contributed by atoms with Gasteiger partial charge in [-0.3, -0.25) is 14.5 Å². The molecule has 9 heteroatoms. The number of fused-ring (bicyclic) bond motifs is 1. The number of aromatic nitrogens is 2. The van der Waals surface area contributed by atoms with Crippen molar-refractivity contribution in [3.8, 4) is 11.4 Å². The maximum atomic E-state index is 14.0. The zero-order valence-corrected chi connectivity index (χ0v) is 21.9. The molecule has 0 saturated heterocycles. The van der Waals surface area contributed by atoms with Crippen molar-refractivity contribution in [3.05, 3.63) is 101 Å². The largest absolute Gasteiger partial charge is 0.496 e. The Balaban J connectivity index is 1.60. The Bertz CT molecular complexity index is 1440. The molecular weight excluding hydrogens is 508 g/mol. The van der Waals surface area contributed by atoms with Crippen molar-refractivity contribution in [2.75, 3.05) is 17.8 Å². The summed E-state index contributed by atoms with van der Waals surface area (Å²) in [5, 5.41) is 9.14. The van der Waals surface area contributed by atoms with Crippen molar-refractivity contribution in [2.45, 2.75) is 24.5 Å². The van der Waals surface area contributed by atoms with Gasteiger partial charge in [0.15, 0.2) is 0 Å². The van der Waals surface area contributed by atoms with Crippen LogP contribution >= 0.6 is 23.4 Å². The van der Waals surface area contributed by atoms with E-state index >= 15 is 0 Å². The van der Waals surface area contributed by atoms with Crippen LogP contribution in [-0.2, 0) is 16.1 Å². The Morgan fingerprint density at radius 2 is 1.76 bits per heavy atom. The first-order valence-corrected chi connectivity index (χ1v) is 13.1. The normalized spacial score (nSPS) is 15.2. The molecule has 1 N–H and O–H groups in total. The molecule has 1 atom stereocenters. The highest BCUT2D eigenvalue weighted by Gasteiger charge is 2.40. The topological polar surface area (TPSA) is 76.5 Å². The van der Waals surface area contributed by atoms with E-state index in [1.54, 1.807) is 36.3 Å². The lowest BCUT2D eigenvalue weighted by Gasteiger charge is -2.30. The minimum atomic E-state index is -0.925. The van der Waals surface area contributed by atoms with Crippen LogP contribution in [0.1, 0.15) is 22.9 Å². The molecule has 7 nitrogen and oxygen atoms in total. The average molecular weight is 533 g/mol. The van der Waals surface area contributed by atoms with Gasteiger partial charge in [-0.25, -0.2) is 4.68 Å². The maximum Gasteiger partial charge on any atom is 0.248 e. The van der Waals surface area contributed by atoms with Crippen molar-refractivity contribution in [3.63, 3.8) is 0 Å². The summed E-state index contributed by atoms with van der Waals surface area (Å²) in [4.78, 5) is 29.1. The molecule has 3 aromatic carbocycles. The predicted molar refractivity (Wildman–Crippen MR) is 146 cm³/mol. The Morgan fingerprint density at radius 1 is 1.05 bits per heavy atom. The average Bonchev–Trinajstić information content (AvgIpc) is 3.16. The molecular formula is C28H25ClN4O3S. The van der Waals surface area contributed by atoms with Crippen LogP contribution in [0.3, 0.4) is 0 Å². The number of amides is 2. The fraction of sp³-hybridized carbons (Fsp3) is 0.179. The van der Waals surface area contributed by atoms with Gasteiger partial charge in [0.25, 0.3) is 0 Å². The second-order valence-corrected chi connectivity index (χ2v) is 9.91. The highest BCUT2D eigenvalue weighted by molar-refractivity contribution is 8.00. The number of aryl methyl sites for hydroxylation is 1. The third-order valence-corrected chi connectivity index (χ3v) is 7.50. The summed E-state index contributed by atoms with van der Waals surface area (Å²) in [5.41, 5.74) is 3.67. The lowest BCUT2D eigenvalue weighted by Crippen LogP contribution is -2.44. The molecule has 2 amide bonds. The lowest BCUT2D eigenvalue weighted by molar-refractivity contribution is -0.126. The number of thioether (sulfide) groups is 1. The van der Waals surface area contributed by atoms with E-state index < -0.39 is 6.04 Å². The van der Waals surface area contributed by atoms with E-state index in [-0.39, 0.29) is 24.1 Å². The van der Waals surface area contributed by atoms with E-state index in [0.717, 1.165) is 16.3 Å². The molecule has 0 fully saturated rings. The molecule has 37 heavy (non-hydrogen) atoms. The molecule has 0 unspecified atom stereocenters. The van der Waals surface area contributed by atoms with Gasteiger partial charge in [-0.2, -0.15) is 5.10 Å². The smallest absolute Gasteiger partial charge is 0.248 e. The second kappa shape index (κ2) is 10.7. The summed E-state index contributed by atoms with van der Waals surface area (Å²) >= 11 is 7.52. The molecule has 0 bridgehead atoms. The lowest BCUT2D eigenvalue weighted by atomic mass is 10.0. The fourth-order valence-electron chi connectivity index (χ4n) is 4.46. The number of halogens is 1. The van der Waals surface area contributed by atoms with E-state index in [1.165, 1.54) is 11.8 Å². The molecule has 4 aromatic rings. The van der Waals surface area contributed by atoms with Crippen molar-refractivity contribution in [1.82, 2.24) is 15.1 Å². The molecule has 5 rings (SSSR count). The van der Waals surface area contributed by atoms with Crippen molar-refractivity contribution >= 4 is 40.9 Å². The van der Waals surface area contributed by atoms with Crippen molar-refractivity contribution in [2.24, 2.45) is 0 Å². The van der Waals surface area contributed by atoms with Crippen LogP contribution < -0.4 is 15.0 Å². The van der Waals surface area contributed by atoms with Gasteiger partial charge < -0.3 is 10.1 Å². The fourth-order valence-corrected chi connectivity index (χ4v) is 5.67. The van der Waals surface area contributed by atoms with Gasteiger partial charge >= 0.3 is 0 Å². The van der Waals surface area contributed by atoms with Crippen LogP contribution in [0, 0.1) is 6.92 Å². The molecule has 0 saturated carbocycles. The van der Waals surface area contributed by atoms with Crippen LogP contribution in [0.5, 0.6) is 5.75 Å². The minimum Gasteiger partial charge on any atom is -0.496 e. The number of carbonyl (C=O) groups excluding carboxylic acids is 2. The number of rotatable bonds is 6. The first kappa shape index (κ1) is 24.9. The minimum absolute atomic E-state index is 0.157. The van der Waals surface area contributed by atoms with Crippen LogP contribution in [-0.4, -0.2) is 34.5 Å². The summed E-state index contributed by atoms with van der Waals surface area (Å²) < 4.78 is 7.26. The van der Waals surface area contributed by atoms with Crippen molar-refractivity contribution in [1.29, 1.82) is 0 Å². The van der Waals surface area contributed by atoms with Gasteiger partial charge in [0.05, 0.1) is 24.2 Å². The summed E-state index contributed by atoms with van der Waals surface area (Å²) in [6.07, 6.45) is 0. The van der Waals surface area contributed by atoms with E-state index in [0.29, 0.717) is 27.7 Å². The van der Waals surface area contributed by atoms with E-state index in [9.17, 15) is 9.59 Å². The first-order valence-electron chi connectivity index (χ1n) is 11.7. The Morgan fingerprint density at radius 3 is 2.49 bits per heavy atom. The van der Waals surface area contributed by atoms with Gasteiger partial charge in [0, 0.05) is 28.4 Å². The predicted octanol–water partition coefficient (Wildman–Crippen LogP) is 5.34. The van der Waals surface area contributed by atoms with Crippen LogP contribution in [0.25, 0.3) is 5.69 Å². The monoisotopic (exact) mass is 532 g/mol. The molecule has 188 valence electrons. The number of hydrogen-bond acceptors (Lipinski definition) is 5. The Kier molecular flexibility index (Phi) is 7.21. The quantitative estimate of drug-likeness (QED) is 0.363. The maximum absolute atomic E-state index is 14.0. The number of nitrogens with one attached hydrogen (secondary N) is 1. The third-order valence-electron chi connectivity index (χ3n) is 6.19. The van der Waals surface area contributed by atoms with Gasteiger partial charge in [-0.05, 0) is 49.4 Å². The summed E-state index contributed by atoms with van der Waals surface area (Å²) in [5.74, 6) is 0.344. The highest BCUT2D eigenvalue weighted by Crippen LogP contribution is 2.41. The molecule has 1 aliphatic heterocycles. The molecule has 0 spiro atoms. The number of nitrogens with zero attached hydrogens (tertiary/aromatic N) is 3. The van der Waals surface area contributed by atoms with Crippen LogP contribution in [0.4, 0.5) is 5.69 Å². The second-order valence-electron chi connectivity index (χ2n) is 8.51. The molecule has 1 aromatic heterocycles. The van der Waals surface area contributed by atoms with Gasteiger partial charge in [-0.1, -0.05) is 59.8 Å². The SMILES string of the molecule is COc1ccccc1CNC(=O)[C@@H]1c2c(C)nn(-c3ccccc3)c2SCC(=O)N1c1ccc(Cl)cc1. The van der Waals surface area contributed by atoms with Crippen molar-refractivity contribution < 1.29 is 14.3 Å². The summed E-state index contributed by atoms with van der Waals surface area (Å²) in [6, 6.07) is 23.2. The number of ether oxygens (including phenoxy) is 1. The molecule has 1 aliphatic rings. The zero-order chi connectivity index (χ0) is 25.9. The Hall–Kier alpha value is -3.75. The number of para-hydroxylation sites is 2. The highest BCUT2D eigenvalue weighted by atomic mass is 35.5. The summed E-state index contributed by atoms with van der Waals surface area (Å²) in [6.45, 7) is 2.12. The number of hydrogen-bond donors (Lipinski definition) is 1. The van der Waals surface area contributed by atoms with Gasteiger partial charge in [0.2, 0.25) is 11.8 Å². The molecule has 0 aliphatic carbocycles. The zero-order valence-electron chi connectivity index (χ0n) is 20.3. The van der Waals surface area contributed by atoms with E-state index in [2.05, 4.69) is 5.32 Å². The van der Waals surface area contributed by atoms with Gasteiger partial charge in [0.1, 0.15) is 16.8 Å². The number of methoxy groups -OCH3 is 1. The molecule has 2 heterocycles. The van der Waals surface area contributed by atoms with E-state index in [4.69, 9.17) is 21.4 Å². The van der Waals surface area contributed by atoms with Crippen LogP contribution in [0.2, 0.25) is 5.02 Å². The van der Waals surface area contributed by atoms with Crippen LogP contribution in [0.15, 0.2) is 83.9 Å².